The second kappa shape index (κ2) is 8.72. The van der Waals surface area contributed by atoms with Gasteiger partial charge >= 0.3 is 11.8 Å². The van der Waals surface area contributed by atoms with E-state index in [1.54, 1.807) is 24.3 Å². The van der Waals surface area contributed by atoms with Crippen LogP contribution < -0.4 is 15.4 Å². The van der Waals surface area contributed by atoms with Crippen molar-refractivity contribution < 1.29 is 14.3 Å². The van der Waals surface area contributed by atoms with Crippen LogP contribution in [-0.2, 0) is 16.0 Å². The van der Waals surface area contributed by atoms with Crippen LogP contribution in [0.2, 0.25) is 0 Å². The van der Waals surface area contributed by atoms with E-state index in [-0.39, 0.29) is 0 Å². The van der Waals surface area contributed by atoms with Crippen molar-refractivity contribution in [3.63, 3.8) is 0 Å². The van der Waals surface area contributed by atoms with Gasteiger partial charge in [-0.1, -0.05) is 31.5 Å². The first-order chi connectivity index (χ1) is 11.6. The summed E-state index contributed by atoms with van der Waals surface area (Å²) in [6.45, 7) is 2.15. The number of aryl methyl sites for hydroxylation is 1. The number of unbranched alkanes of at least 4 members (excludes halogenated alkanes) is 1. The lowest BCUT2D eigenvalue weighted by atomic mass is 10.1. The molecular formula is C19H22N2O3. The minimum absolute atomic E-state index is 0.504. The van der Waals surface area contributed by atoms with E-state index >= 15 is 0 Å². The molecule has 2 aromatic carbocycles. The van der Waals surface area contributed by atoms with E-state index in [0.29, 0.717) is 17.1 Å². The van der Waals surface area contributed by atoms with Gasteiger partial charge in [-0.3, -0.25) is 9.59 Å². The number of carbonyl (C=O) groups is 2. The van der Waals surface area contributed by atoms with Crippen LogP contribution >= 0.6 is 0 Å². The van der Waals surface area contributed by atoms with Crippen LogP contribution in [0, 0.1) is 0 Å². The van der Waals surface area contributed by atoms with Gasteiger partial charge in [-0.2, -0.15) is 0 Å². The number of hydrogen-bond acceptors (Lipinski definition) is 3. The highest BCUT2D eigenvalue weighted by molar-refractivity contribution is 6.43. The molecule has 0 heterocycles. The molecule has 2 N–H and O–H groups in total. The summed E-state index contributed by atoms with van der Waals surface area (Å²) in [5, 5.41) is 5.14. The second-order valence-electron chi connectivity index (χ2n) is 5.44. The van der Waals surface area contributed by atoms with Crippen LogP contribution in [0.5, 0.6) is 5.75 Å². The van der Waals surface area contributed by atoms with E-state index < -0.39 is 11.8 Å². The number of methoxy groups -OCH3 is 1. The van der Waals surface area contributed by atoms with Gasteiger partial charge in [-0.25, -0.2) is 0 Å². The molecule has 2 aromatic rings. The van der Waals surface area contributed by atoms with Gasteiger partial charge in [-0.15, -0.1) is 0 Å². The number of anilines is 2. The summed E-state index contributed by atoms with van der Waals surface area (Å²) in [5.41, 5.74) is 2.32. The molecule has 0 aliphatic carbocycles. The van der Waals surface area contributed by atoms with E-state index in [9.17, 15) is 9.59 Å². The van der Waals surface area contributed by atoms with Crippen molar-refractivity contribution in [1.82, 2.24) is 0 Å². The maximum Gasteiger partial charge on any atom is 0.314 e. The van der Waals surface area contributed by atoms with Crippen molar-refractivity contribution in [2.24, 2.45) is 0 Å². The molecule has 5 heteroatoms. The Morgan fingerprint density at radius 1 is 0.958 bits per heavy atom. The highest BCUT2D eigenvalue weighted by Crippen LogP contribution is 2.17. The number of amides is 2. The number of ether oxygens (including phenoxy) is 1. The normalized spacial score (nSPS) is 10.1. The SMILES string of the molecule is CCCCc1ccc(NC(=O)C(=O)Nc2cccc(OC)c2)cc1. The third-order valence-corrected chi connectivity index (χ3v) is 3.56. The van der Waals surface area contributed by atoms with Crippen LogP contribution in [0.25, 0.3) is 0 Å². The second-order valence-corrected chi connectivity index (χ2v) is 5.44. The Morgan fingerprint density at radius 2 is 1.62 bits per heavy atom. The maximum absolute atomic E-state index is 12.0. The van der Waals surface area contributed by atoms with Gasteiger partial charge in [0.2, 0.25) is 0 Å². The van der Waals surface area contributed by atoms with Gasteiger partial charge in [0, 0.05) is 17.4 Å². The molecule has 0 bridgehead atoms. The summed E-state index contributed by atoms with van der Waals surface area (Å²) in [5.74, 6) is -0.826. The number of benzene rings is 2. The quantitative estimate of drug-likeness (QED) is 0.797. The first-order valence-electron chi connectivity index (χ1n) is 7.97. The molecule has 2 amide bonds. The fourth-order valence-corrected chi connectivity index (χ4v) is 2.21. The molecule has 0 spiro atoms. The molecule has 0 atom stereocenters. The maximum atomic E-state index is 12.0. The van der Waals surface area contributed by atoms with Crippen molar-refractivity contribution in [2.75, 3.05) is 17.7 Å². The molecule has 24 heavy (non-hydrogen) atoms. The predicted molar refractivity (Wildman–Crippen MR) is 95.3 cm³/mol. The number of carbonyl (C=O) groups excluding carboxylic acids is 2. The van der Waals surface area contributed by atoms with E-state index in [1.165, 1.54) is 12.7 Å². The standard InChI is InChI=1S/C19H22N2O3/c1-3-4-6-14-9-11-15(12-10-14)20-18(22)19(23)21-16-7-5-8-17(13-16)24-2/h5,7-13H,3-4,6H2,1-2H3,(H,20,22)(H,21,23). The highest BCUT2D eigenvalue weighted by atomic mass is 16.5. The average molecular weight is 326 g/mol. The molecule has 0 aromatic heterocycles. The van der Waals surface area contributed by atoms with Crippen LogP contribution in [0.3, 0.4) is 0 Å². The number of rotatable bonds is 6. The lowest BCUT2D eigenvalue weighted by molar-refractivity contribution is -0.132. The average Bonchev–Trinajstić information content (AvgIpc) is 2.61. The summed E-state index contributed by atoms with van der Waals surface area (Å²) in [7, 11) is 1.54. The van der Waals surface area contributed by atoms with Crippen LogP contribution in [-0.4, -0.2) is 18.9 Å². The Morgan fingerprint density at radius 3 is 2.25 bits per heavy atom. The molecule has 0 unspecified atom stereocenters. The molecular weight excluding hydrogens is 304 g/mol. The van der Waals surface area contributed by atoms with Crippen LogP contribution in [0.1, 0.15) is 25.3 Å². The lowest BCUT2D eigenvalue weighted by Crippen LogP contribution is -2.29. The van der Waals surface area contributed by atoms with E-state index in [2.05, 4.69) is 17.6 Å². The fourth-order valence-electron chi connectivity index (χ4n) is 2.21. The molecule has 0 saturated heterocycles. The van der Waals surface area contributed by atoms with Crippen molar-refractivity contribution in [1.29, 1.82) is 0 Å². The summed E-state index contributed by atoms with van der Waals surface area (Å²) in [4.78, 5) is 23.9. The smallest absolute Gasteiger partial charge is 0.314 e. The monoisotopic (exact) mass is 326 g/mol. The first kappa shape index (κ1) is 17.5. The van der Waals surface area contributed by atoms with Gasteiger partial charge in [-0.05, 0) is 42.7 Å². The Balaban J connectivity index is 1.92. The molecule has 0 radical (unpaired) electrons. The zero-order valence-electron chi connectivity index (χ0n) is 14.0. The van der Waals surface area contributed by atoms with Crippen LogP contribution in [0.4, 0.5) is 11.4 Å². The Hall–Kier alpha value is -2.82. The number of hydrogen-bond donors (Lipinski definition) is 2. The molecule has 5 nitrogen and oxygen atoms in total. The topological polar surface area (TPSA) is 67.4 Å². The highest BCUT2D eigenvalue weighted by Gasteiger charge is 2.14. The van der Waals surface area contributed by atoms with Crippen molar-refractivity contribution >= 4 is 23.2 Å². The van der Waals surface area contributed by atoms with Gasteiger partial charge in [0.05, 0.1) is 7.11 Å². The van der Waals surface area contributed by atoms with Gasteiger partial charge in [0.1, 0.15) is 5.75 Å². The summed E-state index contributed by atoms with van der Waals surface area (Å²) in [6.07, 6.45) is 3.29. The minimum Gasteiger partial charge on any atom is -0.497 e. The summed E-state index contributed by atoms with van der Waals surface area (Å²) >= 11 is 0. The van der Waals surface area contributed by atoms with Gasteiger partial charge < -0.3 is 15.4 Å². The molecule has 0 saturated carbocycles. The van der Waals surface area contributed by atoms with E-state index in [0.717, 1.165) is 19.3 Å². The zero-order chi connectivity index (χ0) is 17.4. The Labute approximate surface area is 142 Å². The first-order valence-corrected chi connectivity index (χ1v) is 7.97. The third-order valence-electron chi connectivity index (χ3n) is 3.56. The summed E-state index contributed by atoms with van der Waals surface area (Å²) < 4.78 is 5.08. The van der Waals surface area contributed by atoms with E-state index in [4.69, 9.17) is 4.74 Å². The predicted octanol–water partition coefficient (Wildman–Crippen LogP) is 3.62. The minimum atomic E-state index is -0.724. The molecule has 0 fully saturated rings. The van der Waals surface area contributed by atoms with Crippen molar-refractivity contribution in [3.05, 3.63) is 54.1 Å². The van der Waals surface area contributed by atoms with Crippen LogP contribution in [0.15, 0.2) is 48.5 Å². The number of nitrogens with one attached hydrogen (secondary N) is 2. The largest absolute Gasteiger partial charge is 0.497 e. The van der Waals surface area contributed by atoms with Crippen molar-refractivity contribution in [3.8, 4) is 5.75 Å². The Kier molecular flexibility index (Phi) is 6.37. The lowest BCUT2D eigenvalue weighted by Gasteiger charge is -2.08. The fraction of sp³-hybridized carbons (Fsp3) is 0.263. The molecule has 0 aliphatic heterocycles. The summed E-state index contributed by atoms with van der Waals surface area (Å²) in [6, 6.07) is 14.4. The Bertz CT molecular complexity index is 696. The van der Waals surface area contributed by atoms with E-state index in [1.807, 2.05) is 24.3 Å². The van der Waals surface area contributed by atoms with Gasteiger partial charge in [0.25, 0.3) is 0 Å². The van der Waals surface area contributed by atoms with Crippen molar-refractivity contribution in [2.45, 2.75) is 26.2 Å². The third kappa shape index (κ3) is 5.12. The molecule has 2 rings (SSSR count). The molecule has 0 aliphatic rings. The van der Waals surface area contributed by atoms with Gasteiger partial charge in [0.15, 0.2) is 0 Å². The zero-order valence-corrected chi connectivity index (χ0v) is 14.0. The molecule has 126 valence electrons.